The fourth-order valence-corrected chi connectivity index (χ4v) is 1.34. The molecule has 0 bridgehead atoms. The predicted molar refractivity (Wildman–Crippen MR) is 63.9 cm³/mol. The Kier molecular flexibility index (Phi) is 4.60. The molecule has 1 aromatic carbocycles. The molecule has 7 heteroatoms. The molecule has 2 amide bonds. The van der Waals surface area contributed by atoms with Gasteiger partial charge in [0.1, 0.15) is 6.04 Å². The molecule has 7 nitrogen and oxygen atoms in total. The first kappa shape index (κ1) is 14.2. The van der Waals surface area contributed by atoms with Crippen molar-refractivity contribution in [2.24, 2.45) is 5.73 Å². The lowest BCUT2D eigenvalue weighted by molar-refractivity contribution is -0.140. The van der Waals surface area contributed by atoms with E-state index < -0.39 is 30.2 Å². The minimum atomic E-state index is -1.37. The predicted octanol–water partition coefficient (Wildman–Crippen LogP) is -0.383. The van der Waals surface area contributed by atoms with E-state index in [2.05, 4.69) is 5.32 Å². The second kappa shape index (κ2) is 6.16. The SMILES string of the molecule is N#Cc1ccc(C(=O)N[C@H](CC(N)=O)C(=O)O)cc1. The van der Waals surface area contributed by atoms with Crippen LogP contribution in [-0.2, 0) is 9.59 Å². The minimum Gasteiger partial charge on any atom is -0.480 e. The Hall–Kier alpha value is -2.88. The number of rotatable bonds is 5. The van der Waals surface area contributed by atoms with Crippen molar-refractivity contribution in [2.75, 3.05) is 0 Å². The summed E-state index contributed by atoms with van der Waals surface area (Å²) in [5.41, 5.74) is 5.46. The maximum atomic E-state index is 11.7. The zero-order valence-corrected chi connectivity index (χ0v) is 9.79. The number of carbonyl (C=O) groups is 3. The third kappa shape index (κ3) is 4.12. The summed E-state index contributed by atoms with van der Waals surface area (Å²) >= 11 is 0. The summed E-state index contributed by atoms with van der Waals surface area (Å²) in [5, 5.41) is 19.6. The first-order chi connectivity index (χ1) is 8.93. The quantitative estimate of drug-likeness (QED) is 0.664. The zero-order valence-electron chi connectivity index (χ0n) is 9.79. The van der Waals surface area contributed by atoms with E-state index in [1.54, 1.807) is 0 Å². The zero-order chi connectivity index (χ0) is 14.4. The van der Waals surface area contributed by atoms with Crippen LogP contribution in [0.5, 0.6) is 0 Å². The van der Waals surface area contributed by atoms with Crippen LogP contribution in [0, 0.1) is 11.3 Å². The number of aliphatic carboxylic acids is 1. The van der Waals surface area contributed by atoms with Crippen LogP contribution < -0.4 is 11.1 Å². The lowest BCUT2D eigenvalue weighted by Gasteiger charge is -2.12. The molecule has 0 spiro atoms. The lowest BCUT2D eigenvalue weighted by Crippen LogP contribution is -2.43. The Balaban J connectivity index is 2.78. The van der Waals surface area contributed by atoms with Crippen molar-refractivity contribution < 1.29 is 19.5 Å². The average Bonchev–Trinajstić information content (AvgIpc) is 2.37. The molecule has 0 aliphatic rings. The lowest BCUT2D eigenvalue weighted by atomic mass is 10.1. The maximum absolute atomic E-state index is 11.7. The topological polar surface area (TPSA) is 133 Å². The van der Waals surface area contributed by atoms with Crippen LogP contribution in [0.1, 0.15) is 22.3 Å². The highest BCUT2D eigenvalue weighted by Crippen LogP contribution is 2.04. The number of nitrogens with zero attached hydrogens (tertiary/aromatic N) is 1. The van der Waals surface area contributed by atoms with Crippen LogP contribution in [0.3, 0.4) is 0 Å². The Labute approximate surface area is 108 Å². The molecule has 4 N–H and O–H groups in total. The number of carboxylic acids is 1. The van der Waals surface area contributed by atoms with E-state index in [-0.39, 0.29) is 5.56 Å². The van der Waals surface area contributed by atoms with E-state index in [1.165, 1.54) is 24.3 Å². The highest BCUT2D eigenvalue weighted by atomic mass is 16.4. The molecule has 0 aliphatic carbocycles. The highest BCUT2D eigenvalue weighted by molar-refractivity contribution is 5.97. The average molecular weight is 261 g/mol. The van der Waals surface area contributed by atoms with Gasteiger partial charge in [-0.15, -0.1) is 0 Å². The van der Waals surface area contributed by atoms with Gasteiger partial charge in [-0.25, -0.2) is 4.79 Å². The van der Waals surface area contributed by atoms with E-state index in [0.717, 1.165) is 0 Å². The van der Waals surface area contributed by atoms with Crippen molar-refractivity contribution in [2.45, 2.75) is 12.5 Å². The number of nitrogens with two attached hydrogens (primary N) is 1. The van der Waals surface area contributed by atoms with Gasteiger partial charge in [0.2, 0.25) is 5.91 Å². The third-order valence-electron chi connectivity index (χ3n) is 2.28. The molecule has 0 fully saturated rings. The number of carboxylic acid groups (broad SMARTS) is 1. The van der Waals surface area contributed by atoms with Gasteiger partial charge in [0.25, 0.3) is 5.91 Å². The van der Waals surface area contributed by atoms with Gasteiger partial charge < -0.3 is 16.2 Å². The van der Waals surface area contributed by atoms with E-state index >= 15 is 0 Å². The normalized spacial score (nSPS) is 11.1. The molecule has 19 heavy (non-hydrogen) atoms. The van der Waals surface area contributed by atoms with Crippen LogP contribution in [0.15, 0.2) is 24.3 Å². The van der Waals surface area contributed by atoms with Crippen molar-refractivity contribution in [3.05, 3.63) is 35.4 Å². The van der Waals surface area contributed by atoms with Gasteiger partial charge in [0.05, 0.1) is 18.1 Å². The molecular weight excluding hydrogens is 250 g/mol. The fraction of sp³-hybridized carbons (Fsp3) is 0.167. The number of carbonyl (C=O) groups excluding carboxylic acids is 2. The van der Waals surface area contributed by atoms with Crippen molar-refractivity contribution in [1.29, 1.82) is 5.26 Å². The largest absolute Gasteiger partial charge is 0.480 e. The Bertz CT molecular complexity index is 545. The third-order valence-corrected chi connectivity index (χ3v) is 2.28. The van der Waals surface area contributed by atoms with Gasteiger partial charge in [-0.1, -0.05) is 0 Å². The van der Waals surface area contributed by atoms with Crippen LogP contribution in [0.4, 0.5) is 0 Å². The van der Waals surface area contributed by atoms with Gasteiger partial charge in [-0.05, 0) is 24.3 Å². The first-order valence-electron chi connectivity index (χ1n) is 5.26. The fourth-order valence-electron chi connectivity index (χ4n) is 1.34. The summed E-state index contributed by atoms with van der Waals surface area (Å²) < 4.78 is 0. The number of primary amides is 1. The molecule has 1 aromatic rings. The summed E-state index contributed by atoms with van der Waals surface area (Å²) in [4.78, 5) is 33.3. The standard InChI is InChI=1S/C12H11N3O4/c13-6-7-1-3-8(4-2-7)11(17)15-9(12(18)19)5-10(14)16/h1-4,9H,5H2,(H2,14,16)(H,15,17)(H,18,19)/t9-/m1/s1. The maximum Gasteiger partial charge on any atom is 0.326 e. The van der Waals surface area contributed by atoms with Gasteiger partial charge in [-0.3, -0.25) is 9.59 Å². The summed E-state index contributed by atoms with van der Waals surface area (Å²) in [6.07, 6.45) is -0.489. The van der Waals surface area contributed by atoms with E-state index in [4.69, 9.17) is 16.1 Å². The highest BCUT2D eigenvalue weighted by Gasteiger charge is 2.22. The van der Waals surface area contributed by atoms with Crippen molar-refractivity contribution >= 4 is 17.8 Å². The Morgan fingerprint density at radius 1 is 1.32 bits per heavy atom. The summed E-state index contributed by atoms with van der Waals surface area (Å²) in [5.74, 6) is -2.83. The summed E-state index contributed by atoms with van der Waals surface area (Å²) in [6.45, 7) is 0. The van der Waals surface area contributed by atoms with Crippen LogP contribution in [0.2, 0.25) is 0 Å². The van der Waals surface area contributed by atoms with Crippen molar-refractivity contribution in [3.8, 4) is 6.07 Å². The smallest absolute Gasteiger partial charge is 0.326 e. The molecule has 1 rings (SSSR count). The van der Waals surface area contributed by atoms with Crippen LogP contribution in [0.25, 0.3) is 0 Å². The molecule has 0 unspecified atom stereocenters. The molecule has 0 radical (unpaired) electrons. The molecule has 98 valence electrons. The second-order valence-corrected chi connectivity index (χ2v) is 3.72. The molecular formula is C12H11N3O4. The summed E-state index contributed by atoms with van der Waals surface area (Å²) in [7, 11) is 0. The van der Waals surface area contributed by atoms with E-state index in [0.29, 0.717) is 5.56 Å². The van der Waals surface area contributed by atoms with Gasteiger partial charge in [0, 0.05) is 5.56 Å². The molecule has 0 aromatic heterocycles. The van der Waals surface area contributed by atoms with Gasteiger partial charge in [-0.2, -0.15) is 5.26 Å². The van der Waals surface area contributed by atoms with Gasteiger partial charge in [0.15, 0.2) is 0 Å². The number of hydrogen-bond donors (Lipinski definition) is 3. The Morgan fingerprint density at radius 3 is 2.32 bits per heavy atom. The Morgan fingerprint density at radius 2 is 1.89 bits per heavy atom. The molecule has 0 saturated carbocycles. The second-order valence-electron chi connectivity index (χ2n) is 3.72. The van der Waals surface area contributed by atoms with Crippen LogP contribution >= 0.6 is 0 Å². The number of amides is 2. The number of nitrogens with one attached hydrogen (secondary N) is 1. The number of benzene rings is 1. The molecule has 0 saturated heterocycles. The molecule has 1 atom stereocenters. The minimum absolute atomic E-state index is 0.190. The van der Waals surface area contributed by atoms with E-state index in [1.807, 2.05) is 6.07 Å². The monoisotopic (exact) mass is 261 g/mol. The van der Waals surface area contributed by atoms with E-state index in [9.17, 15) is 14.4 Å². The molecule has 0 aliphatic heterocycles. The number of nitriles is 1. The number of hydrogen-bond acceptors (Lipinski definition) is 4. The molecule has 0 heterocycles. The summed E-state index contributed by atoms with van der Waals surface area (Å²) in [6, 6.07) is 6.15. The van der Waals surface area contributed by atoms with Gasteiger partial charge >= 0.3 is 5.97 Å². The van der Waals surface area contributed by atoms with Crippen LogP contribution in [-0.4, -0.2) is 28.9 Å². The van der Waals surface area contributed by atoms with Crippen molar-refractivity contribution in [3.63, 3.8) is 0 Å². The first-order valence-corrected chi connectivity index (χ1v) is 5.26. The van der Waals surface area contributed by atoms with Crippen molar-refractivity contribution in [1.82, 2.24) is 5.32 Å².